The average Bonchev–Trinajstić information content (AvgIpc) is 3.07. The number of halogens is 1. The van der Waals surface area contributed by atoms with Crippen LogP contribution in [-0.2, 0) is 4.74 Å². The number of hydrogen-bond donors (Lipinski definition) is 1. The number of nitrogens with zero attached hydrogens (tertiary/aromatic N) is 2. The Kier molecular flexibility index (Phi) is 5.75. The van der Waals surface area contributed by atoms with Crippen LogP contribution in [0.3, 0.4) is 0 Å². The van der Waals surface area contributed by atoms with Crippen molar-refractivity contribution in [3.05, 3.63) is 40.7 Å². The number of aromatic nitrogens is 2. The van der Waals surface area contributed by atoms with Crippen LogP contribution in [0.25, 0.3) is 21.3 Å². The van der Waals surface area contributed by atoms with Crippen molar-refractivity contribution < 1.29 is 14.6 Å². The van der Waals surface area contributed by atoms with E-state index >= 15 is 0 Å². The topological polar surface area (TPSA) is 72.3 Å². The van der Waals surface area contributed by atoms with Gasteiger partial charge in [-0.3, -0.25) is 0 Å². The normalized spacial score (nSPS) is 11.2. The van der Waals surface area contributed by atoms with E-state index in [1.54, 1.807) is 19.1 Å². The molecule has 2 aromatic heterocycles. The number of pyridine rings is 1. The second kappa shape index (κ2) is 7.92. The summed E-state index contributed by atoms with van der Waals surface area (Å²) in [6.45, 7) is 8.24. The fraction of sp³-hybridized carbons (Fsp3) is 0.250. The molecule has 0 aliphatic rings. The monoisotopic (exact) mass is 430 g/mol. The van der Waals surface area contributed by atoms with E-state index in [0.717, 1.165) is 5.56 Å². The van der Waals surface area contributed by atoms with Crippen molar-refractivity contribution >= 4 is 47.3 Å². The molecule has 0 aliphatic heterocycles. The zero-order valence-corrected chi connectivity index (χ0v) is 18.5. The van der Waals surface area contributed by atoms with Gasteiger partial charge in [0, 0.05) is 10.6 Å². The van der Waals surface area contributed by atoms with Crippen LogP contribution in [0.5, 0.6) is 5.75 Å². The number of benzene rings is 1. The minimum absolute atomic E-state index is 0.148. The fourth-order valence-electron chi connectivity index (χ4n) is 2.48. The first-order chi connectivity index (χ1) is 13.2. The van der Waals surface area contributed by atoms with Crippen LogP contribution in [0.2, 0.25) is 24.7 Å². The molecule has 8 heteroatoms. The standard InChI is InChI=1S/C20H19ClN2O3SSi/c1-5-26-20(25)17-18(24)15-16(12-6-8-13(21)9-7-12)23-27-19(15)14(22-17)10-11-28(2,3)4/h6-9,24H,5H2,1-4H3. The highest BCUT2D eigenvalue weighted by molar-refractivity contribution is 7.14. The van der Waals surface area contributed by atoms with E-state index < -0.39 is 14.0 Å². The summed E-state index contributed by atoms with van der Waals surface area (Å²) < 4.78 is 10.2. The minimum atomic E-state index is -1.67. The van der Waals surface area contributed by atoms with Crippen molar-refractivity contribution in [2.45, 2.75) is 26.6 Å². The van der Waals surface area contributed by atoms with Gasteiger partial charge in [-0.05, 0) is 30.6 Å². The molecule has 0 aliphatic carbocycles. The van der Waals surface area contributed by atoms with E-state index in [0.29, 0.717) is 26.5 Å². The maximum absolute atomic E-state index is 12.4. The van der Waals surface area contributed by atoms with Crippen LogP contribution in [0.15, 0.2) is 24.3 Å². The first kappa shape index (κ1) is 20.3. The zero-order chi connectivity index (χ0) is 20.5. The summed E-state index contributed by atoms with van der Waals surface area (Å²) in [5.41, 5.74) is 4.86. The lowest BCUT2D eigenvalue weighted by Crippen LogP contribution is -2.16. The molecule has 3 rings (SSSR count). The SMILES string of the molecule is CCOC(=O)c1nc(C#C[Si](C)(C)C)c2snc(-c3ccc(Cl)cc3)c2c1O. The number of carbonyl (C=O) groups excluding carboxylic acids is 1. The lowest BCUT2D eigenvalue weighted by Gasteiger charge is -2.08. The van der Waals surface area contributed by atoms with Crippen molar-refractivity contribution in [3.63, 3.8) is 0 Å². The highest BCUT2D eigenvalue weighted by Crippen LogP contribution is 2.40. The number of carbonyl (C=O) groups is 1. The molecule has 0 spiro atoms. The number of fused-ring (bicyclic) bond motifs is 1. The van der Waals surface area contributed by atoms with Gasteiger partial charge in [0.1, 0.15) is 13.8 Å². The molecule has 0 radical (unpaired) electrons. The van der Waals surface area contributed by atoms with Gasteiger partial charge >= 0.3 is 5.97 Å². The third-order valence-electron chi connectivity index (χ3n) is 3.73. The molecule has 0 saturated heterocycles. The third kappa shape index (κ3) is 4.19. The Bertz CT molecular complexity index is 1110. The molecular weight excluding hydrogens is 412 g/mol. The smallest absolute Gasteiger partial charge is 0.360 e. The van der Waals surface area contributed by atoms with Crippen LogP contribution >= 0.6 is 23.1 Å². The molecule has 2 heterocycles. The predicted molar refractivity (Wildman–Crippen MR) is 116 cm³/mol. The van der Waals surface area contributed by atoms with Crippen LogP contribution in [0.1, 0.15) is 23.1 Å². The lowest BCUT2D eigenvalue weighted by atomic mass is 10.1. The molecule has 0 amide bonds. The van der Waals surface area contributed by atoms with Crippen LogP contribution in [0, 0.1) is 11.5 Å². The fourth-order valence-corrected chi connectivity index (χ4v) is 3.95. The Balaban J connectivity index is 2.31. The Labute approximate surface area is 173 Å². The van der Waals surface area contributed by atoms with Crippen LogP contribution < -0.4 is 0 Å². The highest BCUT2D eigenvalue weighted by Gasteiger charge is 2.24. The van der Waals surface area contributed by atoms with Gasteiger partial charge in [-0.1, -0.05) is 49.3 Å². The summed E-state index contributed by atoms with van der Waals surface area (Å²) in [5, 5.41) is 11.9. The first-order valence-corrected chi connectivity index (χ1v) is 13.3. The quantitative estimate of drug-likeness (QED) is 0.354. The number of aromatic hydroxyl groups is 1. The lowest BCUT2D eigenvalue weighted by molar-refractivity contribution is 0.0516. The van der Waals surface area contributed by atoms with Gasteiger partial charge in [-0.2, -0.15) is 4.37 Å². The van der Waals surface area contributed by atoms with E-state index in [4.69, 9.17) is 16.3 Å². The van der Waals surface area contributed by atoms with Gasteiger partial charge in [0.05, 0.1) is 22.4 Å². The second-order valence-corrected chi connectivity index (χ2v) is 13.1. The average molecular weight is 431 g/mol. The maximum atomic E-state index is 12.4. The van der Waals surface area contributed by atoms with Crippen molar-refractivity contribution in [2.24, 2.45) is 0 Å². The van der Waals surface area contributed by atoms with Gasteiger partial charge in [0.2, 0.25) is 0 Å². The number of ether oxygens (including phenoxy) is 1. The molecular formula is C20H19ClN2O3SSi. The minimum Gasteiger partial charge on any atom is -0.505 e. The molecule has 144 valence electrons. The summed E-state index contributed by atoms with van der Waals surface area (Å²) in [6.07, 6.45) is 0. The summed E-state index contributed by atoms with van der Waals surface area (Å²) in [5.74, 6) is 2.16. The number of hydrogen-bond acceptors (Lipinski definition) is 6. The number of rotatable bonds is 3. The molecule has 0 atom stereocenters. The van der Waals surface area contributed by atoms with Crippen LogP contribution in [0.4, 0.5) is 0 Å². The summed E-state index contributed by atoms with van der Waals surface area (Å²) >= 11 is 7.17. The molecule has 0 bridgehead atoms. The molecule has 1 N–H and O–H groups in total. The Hall–Kier alpha value is -2.40. The molecule has 5 nitrogen and oxygen atoms in total. The van der Waals surface area contributed by atoms with E-state index in [-0.39, 0.29) is 18.1 Å². The highest BCUT2D eigenvalue weighted by atomic mass is 35.5. The Morgan fingerprint density at radius 2 is 1.96 bits per heavy atom. The molecule has 28 heavy (non-hydrogen) atoms. The zero-order valence-electron chi connectivity index (χ0n) is 16.0. The van der Waals surface area contributed by atoms with Crippen LogP contribution in [-0.4, -0.2) is 35.1 Å². The Morgan fingerprint density at radius 3 is 2.57 bits per heavy atom. The van der Waals surface area contributed by atoms with Crippen molar-refractivity contribution in [3.8, 4) is 28.5 Å². The largest absolute Gasteiger partial charge is 0.505 e. The van der Waals surface area contributed by atoms with E-state index in [2.05, 4.69) is 40.5 Å². The number of esters is 1. The van der Waals surface area contributed by atoms with Gasteiger partial charge < -0.3 is 9.84 Å². The Morgan fingerprint density at radius 1 is 1.29 bits per heavy atom. The molecule has 0 unspecified atom stereocenters. The van der Waals surface area contributed by atoms with Gasteiger partial charge in [0.25, 0.3) is 0 Å². The predicted octanol–water partition coefficient (Wildman–Crippen LogP) is 5.12. The maximum Gasteiger partial charge on any atom is 0.360 e. The third-order valence-corrected chi connectivity index (χ3v) is 5.72. The van der Waals surface area contributed by atoms with E-state index in [1.165, 1.54) is 11.5 Å². The second-order valence-electron chi connectivity index (χ2n) is 7.12. The van der Waals surface area contributed by atoms with Gasteiger partial charge in [-0.25, -0.2) is 9.78 Å². The van der Waals surface area contributed by atoms with Gasteiger partial charge in [0.15, 0.2) is 11.4 Å². The molecule has 0 fully saturated rings. The molecule has 1 aromatic carbocycles. The summed E-state index contributed by atoms with van der Waals surface area (Å²) in [7, 11) is -1.67. The van der Waals surface area contributed by atoms with Gasteiger partial charge in [-0.15, -0.1) is 5.54 Å². The van der Waals surface area contributed by atoms with Crippen molar-refractivity contribution in [1.82, 2.24) is 9.36 Å². The summed E-state index contributed by atoms with van der Waals surface area (Å²) in [6, 6.07) is 7.12. The molecule has 0 saturated carbocycles. The molecule has 3 aromatic rings. The summed E-state index contributed by atoms with van der Waals surface area (Å²) in [4.78, 5) is 16.7. The first-order valence-electron chi connectivity index (χ1n) is 8.70. The van der Waals surface area contributed by atoms with Crippen molar-refractivity contribution in [2.75, 3.05) is 6.61 Å². The van der Waals surface area contributed by atoms with E-state index in [1.807, 2.05) is 12.1 Å². The van der Waals surface area contributed by atoms with E-state index in [9.17, 15) is 9.90 Å². The van der Waals surface area contributed by atoms with Crippen molar-refractivity contribution in [1.29, 1.82) is 0 Å².